The second kappa shape index (κ2) is 6.08. The van der Waals surface area contributed by atoms with Crippen molar-refractivity contribution in [1.29, 1.82) is 0 Å². The van der Waals surface area contributed by atoms with E-state index < -0.39 is 0 Å². The number of anilines is 1. The lowest BCUT2D eigenvalue weighted by Crippen LogP contribution is -2.20. The van der Waals surface area contributed by atoms with Gasteiger partial charge in [0.15, 0.2) is 0 Å². The molecule has 17 heavy (non-hydrogen) atoms. The van der Waals surface area contributed by atoms with Gasteiger partial charge < -0.3 is 9.88 Å². The van der Waals surface area contributed by atoms with Crippen LogP contribution < -0.4 is 5.32 Å². The molecule has 0 radical (unpaired) electrons. The zero-order chi connectivity index (χ0) is 13.0. The van der Waals surface area contributed by atoms with Crippen molar-refractivity contribution in [1.82, 2.24) is 9.55 Å². The van der Waals surface area contributed by atoms with E-state index >= 15 is 0 Å². The third-order valence-electron chi connectivity index (χ3n) is 2.66. The van der Waals surface area contributed by atoms with E-state index in [1.165, 1.54) is 6.42 Å². The number of aromatic nitrogens is 2. The quantitative estimate of drug-likeness (QED) is 0.817. The zero-order valence-corrected chi connectivity index (χ0v) is 12.1. The highest BCUT2D eigenvalue weighted by Crippen LogP contribution is 2.15. The SMILES string of the molecule is Cc1cn(CC(C)C)c(NC(C)CC(C)C)n1. The molecule has 0 aromatic carbocycles. The second-order valence-electron chi connectivity index (χ2n) is 5.93. The molecule has 0 saturated carbocycles. The molecule has 0 fully saturated rings. The van der Waals surface area contributed by atoms with Crippen LogP contribution in [0.2, 0.25) is 0 Å². The van der Waals surface area contributed by atoms with Crippen molar-refractivity contribution in [3.63, 3.8) is 0 Å². The molecule has 0 amide bonds. The minimum absolute atomic E-state index is 0.475. The van der Waals surface area contributed by atoms with Gasteiger partial charge in [-0.25, -0.2) is 4.98 Å². The number of rotatable bonds is 6. The number of nitrogens with one attached hydrogen (secondary N) is 1. The minimum Gasteiger partial charge on any atom is -0.353 e. The summed E-state index contributed by atoms with van der Waals surface area (Å²) in [5.41, 5.74) is 1.09. The van der Waals surface area contributed by atoms with Gasteiger partial charge in [-0.15, -0.1) is 0 Å². The van der Waals surface area contributed by atoms with Crippen LogP contribution in [-0.2, 0) is 6.54 Å². The lowest BCUT2D eigenvalue weighted by molar-refractivity contribution is 0.511. The molecule has 1 heterocycles. The van der Waals surface area contributed by atoms with Gasteiger partial charge in [-0.3, -0.25) is 0 Å². The van der Waals surface area contributed by atoms with Gasteiger partial charge >= 0.3 is 0 Å². The fourth-order valence-corrected chi connectivity index (χ4v) is 2.18. The number of hydrogen-bond donors (Lipinski definition) is 1. The van der Waals surface area contributed by atoms with Crippen LogP contribution in [-0.4, -0.2) is 15.6 Å². The molecule has 0 aliphatic carbocycles. The second-order valence-corrected chi connectivity index (χ2v) is 5.93. The van der Waals surface area contributed by atoms with Gasteiger partial charge in [0, 0.05) is 18.8 Å². The first-order chi connectivity index (χ1) is 7.88. The van der Waals surface area contributed by atoms with Gasteiger partial charge in [0.05, 0.1) is 5.69 Å². The maximum absolute atomic E-state index is 4.56. The van der Waals surface area contributed by atoms with Crippen LogP contribution in [0.15, 0.2) is 6.20 Å². The van der Waals surface area contributed by atoms with Crippen molar-refractivity contribution >= 4 is 5.95 Å². The molecular weight excluding hydrogens is 210 g/mol. The van der Waals surface area contributed by atoms with Crippen LogP contribution >= 0.6 is 0 Å². The number of nitrogens with zero attached hydrogens (tertiary/aromatic N) is 2. The molecule has 0 aliphatic heterocycles. The Bertz CT molecular complexity index is 339. The van der Waals surface area contributed by atoms with Crippen molar-refractivity contribution in [2.45, 2.75) is 60.5 Å². The van der Waals surface area contributed by atoms with E-state index in [2.05, 4.69) is 62.6 Å². The summed E-state index contributed by atoms with van der Waals surface area (Å²) in [5.74, 6) is 2.38. The van der Waals surface area contributed by atoms with Crippen LogP contribution in [0.4, 0.5) is 5.95 Å². The van der Waals surface area contributed by atoms with Crippen molar-refractivity contribution in [3.05, 3.63) is 11.9 Å². The Hall–Kier alpha value is -0.990. The van der Waals surface area contributed by atoms with E-state index in [-0.39, 0.29) is 0 Å². The summed E-state index contributed by atoms with van der Waals surface area (Å²) in [4.78, 5) is 4.56. The first-order valence-corrected chi connectivity index (χ1v) is 6.68. The van der Waals surface area contributed by atoms with Crippen molar-refractivity contribution in [3.8, 4) is 0 Å². The lowest BCUT2D eigenvalue weighted by Gasteiger charge is -2.18. The van der Waals surface area contributed by atoms with E-state index in [9.17, 15) is 0 Å². The summed E-state index contributed by atoms with van der Waals surface area (Å²) in [6, 6.07) is 0.475. The highest BCUT2D eigenvalue weighted by molar-refractivity contribution is 5.30. The molecule has 3 heteroatoms. The monoisotopic (exact) mass is 237 g/mol. The fourth-order valence-electron chi connectivity index (χ4n) is 2.18. The number of aryl methyl sites for hydroxylation is 1. The van der Waals surface area contributed by atoms with Gasteiger partial charge in [0.2, 0.25) is 5.95 Å². The highest BCUT2D eigenvalue weighted by atomic mass is 15.2. The lowest BCUT2D eigenvalue weighted by atomic mass is 10.1. The van der Waals surface area contributed by atoms with Gasteiger partial charge in [-0.2, -0.15) is 0 Å². The Balaban J connectivity index is 2.69. The smallest absolute Gasteiger partial charge is 0.203 e. The van der Waals surface area contributed by atoms with Crippen molar-refractivity contribution < 1.29 is 0 Å². The molecule has 1 aromatic rings. The summed E-state index contributed by atoms with van der Waals surface area (Å²) < 4.78 is 2.23. The van der Waals surface area contributed by atoms with Crippen LogP contribution in [0, 0.1) is 18.8 Å². The Morgan fingerprint density at radius 2 is 1.82 bits per heavy atom. The summed E-state index contributed by atoms with van der Waals surface area (Å²) >= 11 is 0. The van der Waals surface area contributed by atoms with E-state index in [0.29, 0.717) is 17.9 Å². The highest BCUT2D eigenvalue weighted by Gasteiger charge is 2.11. The van der Waals surface area contributed by atoms with E-state index in [0.717, 1.165) is 18.2 Å². The fraction of sp³-hybridized carbons (Fsp3) is 0.786. The Kier molecular flexibility index (Phi) is 5.03. The average Bonchev–Trinajstić information content (AvgIpc) is 2.43. The third-order valence-corrected chi connectivity index (χ3v) is 2.66. The average molecular weight is 237 g/mol. The Morgan fingerprint density at radius 3 is 2.35 bits per heavy atom. The van der Waals surface area contributed by atoms with Gasteiger partial charge in [0.1, 0.15) is 0 Å². The van der Waals surface area contributed by atoms with Gasteiger partial charge in [-0.05, 0) is 32.1 Å². The molecule has 1 atom stereocenters. The maximum Gasteiger partial charge on any atom is 0.203 e. The molecular formula is C14H27N3. The topological polar surface area (TPSA) is 29.9 Å². The van der Waals surface area contributed by atoms with E-state index in [4.69, 9.17) is 0 Å². The summed E-state index contributed by atoms with van der Waals surface area (Å²) in [6.45, 7) is 14.3. The van der Waals surface area contributed by atoms with Crippen LogP contribution in [0.1, 0.15) is 46.7 Å². The van der Waals surface area contributed by atoms with Crippen LogP contribution in [0.25, 0.3) is 0 Å². The third kappa shape index (κ3) is 4.80. The molecule has 0 spiro atoms. The Morgan fingerprint density at radius 1 is 1.18 bits per heavy atom. The molecule has 0 saturated heterocycles. The van der Waals surface area contributed by atoms with E-state index in [1.807, 2.05) is 0 Å². The first kappa shape index (κ1) is 14.1. The van der Waals surface area contributed by atoms with E-state index in [1.54, 1.807) is 0 Å². The first-order valence-electron chi connectivity index (χ1n) is 6.68. The zero-order valence-electron chi connectivity index (χ0n) is 12.1. The predicted molar refractivity (Wildman–Crippen MR) is 74.3 cm³/mol. The standard InChI is InChI=1S/C14H27N3/c1-10(2)7-12(5)15-14-16-13(6)9-17(14)8-11(3)4/h9-12H,7-8H2,1-6H3,(H,15,16). The molecule has 1 rings (SSSR count). The molecule has 0 bridgehead atoms. The molecule has 1 N–H and O–H groups in total. The van der Waals surface area contributed by atoms with Crippen LogP contribution in [0.5, 0.6) is 0 Å². The number of hydrogen-bond acceptors (Lipinski definition) is 2. The largest absolute Gasteiger partial charge is 0.353 e. The molecule has 3 nitrogen and oxygen atoms in total. The summed E-state index contributed by atoms with van der Waals surface area (Å²) in [7, 11) is 0. The molecule has 1 aromatic heterocycles. The van der Waals surface area contributed by atoms with Crippen molar-refractivity contribution in [2.24, 2.45) is 11.8 Å². The van der Waals surface area contributed by atoms with Crippen molar-refractivity contribution in [2.75, 3.05) is 5.32 Å². The molecule has 1 unspecified atom stereocenters. The maximum atomic E-state index is 4.56. The van der Waals surface area contributed by atoms with Gasteiger partial charge in [0.25, 0.3) is 0 Å². The Labute approximate surface area is 106 Å². The summed E-state index contributed by atoms with van der Waals surface area (Å²) in [5, 5.41) is 3.52. The summed E-state index contributed by atoms with van der Waals surface area (Å²) in [6.07, 6.45) is 3.30. The van der Waals surface area contributed by atoms with Gasteiger partial charge in [-0.1, -0.05) is 27.7 Å². The molecule has 98 valence electrons. The predicted octanol–water partition coefficient (Wildman–Crippen LogP) is 3.69. The number of imidazole rings is 1. The molecule has 0 aliphatic rings. The van der Waals surface area contributed by atoms with Crippen LogP contribution in [0.3, 0.4) is 0 Å². The minimum atomic E-state index is 0.475. The normalized spacial score (nSPS) is 13.4.